The highest BCUT2D eigenvalue weighted by Gasteiger charge is 2.52. The number of fused-ring (bicyclic) bond motifs is 1. The fourth-order valence-electron chi connectivity index (χ4n) is 4.87. The average molecular weight is 381 g/mol. The van der Waals surface area contributed by atoms with Gasteiger partial charge in [0.15, 0.2) is 0 Å². The van der Waals surface area contributed by atoms with Gasteiger partial charge in [0, 0.05) is 30.3 Å². The maximum Gasteiger partial charge on any atom is 0.230 e. The van der Waals surface area contributed by atoms with Gasteiger partial charge in [0.25, 0.3) is 0 Å². The topological polar surface area (TPSA) is 32.3 Å². The molecule has 25 heavy (non-hydrogen) atoms. The Morgan fingerprint density at radius 3 is 2.92 bits per heavy atom. The standard InChI is InChI=1S/C20H28N2OS.ClH/c23-19(20-10-5-4-6-17(20)12-21-15-20)22-11-9-16(13-22)14-24-18-7-2-1-3-8-18;/h1-3,7-8,16-17,21H,4-6,9-15H2;1H/t16?,17-,20+;/m0./s1. The van der Waals surface area contributed by atoms with Crippen LogP contribution in [-0.4, -0.2) is 42.7 Å². The van der Waals surface area contributed by atoms with E-state index >= 15 is 0 Å². The summed E-state index contributed by atoms with van der Waals surface area (Å²) >= 11 is 1.93. The Kier molecular flexibility index (Phi) is 6.35. The van der Waals surface area contributed by atoms with Crippen LogP contribution in [0.4, 0.5) is 0 Å². The van der Waals surface area contributed by atoms with Crippen molar-refractivity contribution >= 4 is 30.1 Å². The molecule has 0 spiro atoms. The molecule has 1 aromatic rings. The van der Waals surface area contributed by atoms with Gasteiger partial charge in [-0.3, -0.25) is 4.79 Å². The van der Waals surface area contributed by atoms with Crippen molar-refractivity contribution in [2.45, 2.75) is 37.0 Å². The number of hydrogen-bond donors (Lipinski definition) is 1. The Labute approximate surface area is 161 Å². The van der Waals surface area contributed by atoms with Gasteiger partial charge in [-0.15, -0.1) is 24.2 Å². The fourth-order valence-corrected chi connectivity index (χ4v) is 5.92. The van der Waals surface area contributed by atoms with Crippen LogP contribution in [0, 0.1) is 17.3 Å². The van der Waals surface area contributed by atoms with Crippen LogP contribution in [0.1, 0.15) is 32.1 Å². The van der Waals surface area contributed by atoms with Crippen molar-refractivity contribution in [1.29, 1.82) is 0 Å². The minimum atomic E-state index is -0.0697. The quantitative estimate of drug-likeness (QED) is 0.805. The Morgan fingerprint density at radius 2 is 2.08 bits per heavy atom. The van der Waals surface area contributed by atoms with Gasteiger partial charge in [0.2, 0.25) is 5.91 Å². The molecule has 1 unspecified atom stereocenters. The van der Waals surface area contributed by atoms with E-state index in [4.69, 9.17) is 0 Å². The summed E-state index contributed by atoms with van der Waals surface area (Å²) in [6.07, 6.45) is 6.03. The highest BCUT2D eigenvalue weighted by molar-refractivity contribution is 7.99. The zero-order valence-electron chi connectivity index (χ0n) is 14.8. The van der Waals surface area contributed by atoms with E-state index in [1.165, 1.54) is 30.6 Å². The third-order valence-electron chi connectivity index (χ3n) is 6.27. The first-order valence-corrected chi connectivity index (χ1v) is 10.4. The van der Waals surface area contributed by atoms with Crippen molar-refractivity contribution < 1.29 is 4.79 Å². The van der Waals surface area contributed by atoms with E-state index in [1.54, 1.807) is 0 Å². The number of halogens is 1. The fraction of sp³-hybridized carbons (Fsp3) is 0.650. The summed E-state index contributed by atoms with van der Waals surface area (Å²) in [6, 6.07) is 10.6. The molecule has 0 radical (unpaired) electrons. The lowest BCUT2D eigenvalue weighted by Crippen LogP contribution is -2.49. The smallest absolute Gasteiger partial charge is 0.230 e. The van der Waals surface area contributed by atoms with Crippen LogP contribution in [0.25, 0.3) is 0 Å². The van der Waals surface area contributed by atoms with Gasteiger partial charge in [-0.2, -0.15) is 0 Å². The summed E-state index contributed by atoms with van der Waals surface area (Å²) in [5.41, 5.74) is -0.0697. The molecule has 2 aliphatic heterocycles. The van der Waals surface area contributed by atoms with E-state index in [-0.39, 0.29) is 17.8 Å². The molecule has 3 aliphatic rings. The number of benzene rings is 1. The monoisotopic (exact) mass is 380 g/mol. The van der Waals surface area contributed by atoms with E-state index in [2.05, 4.69) is 40.5 Å². The third-order valence-corrected chi connectivity index (χ3v) is 7.51. The average Bonchev–Trinajstić information content (AvgIpc) is 3.28. The summed E-state index contributed by atoms with van der Waals surface area (Å²) in [5.74, 6) is 2.82. The van der Waals surface area contributed by atoms with Crippen molar-refractivity contribution in [2.75, 3.05) is 31.9 Å². The second kappa shape index (κ2) is 8.32. The molecule has 3 nitrogen and oxygen atoms in total. The van der Waals surface area contributed by atoms with Crippen LogP contribution in [0.15, 0.2) is 35.2 Å². The van der Waals surface area contributed by atoms with Crippen LogP contribution in [0.5, 0.6) is 0 Å². The summed E-state index contributed by atoms with van der Waals surface area (Å²) in [5, 5.41) is 3.52. The summed E-state index contributed by atoms with van der Waals surface area (Å²) in [4.78, 5) is 16.8. The van der Waals surface area contributed by atoms with Crippen LogP contribution < -0.4 is 5.32 Å². The van der Waals surface area contributed by atoms with E-state index in [1.807, 2.05) is 11.8 Å². The number of nitrogens with zero attached hydrogens (tertiary/aromatic N) is 1. The number of thioether (sulfide) groups is 1. The number of carbonyl (C=O) groups is 1. The van der Waals surface area contributed by atoms with E-state index in [9.17, 15) is 4.79 Å². The van der Waals surface area contributed by atoms with E-state index in [0.29, 0.717) is 17.7 Å². The molecule has 3 fully saturated rings. The van der Waals surface area contributed by atoms with Gasteiger partial charge in [0.05, 0.1) is 5.41 Å². The second-order valence-corrected chi connectivity index (χ2v) is 8.85. The Balaban J connectivity index is 0.00000182. The molecule has 2 saturated heterocycles. The maximum absolute atomic E-state index is 13.3. The van der Waals surface area contributed by atoms with Gasteiger partial charge in [-0.1, -0.05) is 31.0 Å². The highest BCUT2D eigenvalue weighted by atomic mass is 35.5. The molecular formula is C20H29ClN2OS. The molecule has 1 aliphatic carbocycles. The molecule has 1 aromatic carbocycles. The van der Waals surface area contributed by atoms with Crippen molar-refractivity contribution in [1.82, 2.24) is 10.2 Å². The van der Waals surface area contributed by atoms with Crippen LogP contribution in [0.3, 0.4) is 0 Å². The Morgan fingerprint density at radius 1 is 1.24 bits per heavy atom. The van der Waals surface area contributed by atoms with Crippen LogP contribution in [0.2, 0.25) is 0 Å². The number of nitrogens with one attached hydrogen (secondary N) is 1. The zero-order chi connectivity index (χ0) is 16.4. The highest BCUT2D eigenvalue weighted by Crippen LogP contribution is 2.45. The SMILES string of the molecule is Cl.O=C(N1CCC(CSc2ccccc2)C1)[C@@]12CCCC[C@H]1CNC2. The molecule has 1 N–H and O–H groups in total. The molecule has 0 aromatic heterocycles. The number of amides is 1. The van der Waals surface area contributed by atoms with Crippen molar-refractivity contribution in [3.05, 3.63) is 30.3 Å². The lowest BCUT2D eigenvalue weighted by atomic mass is 9.67. The molecule has 2 heterocycles. The van der Waals surface area contributed by atoms with Crippen LogP contribution in [-0.2, 0) is 4.79 Å². The number of rotatable bonds is 4. The van der Waals surface area contributed by atoms with Crippen molar-refractivity contribution in [3.63, 3.8) is 0 Å². The van der Waals surface area contributed by atoms with Gasteiger partial charge in [-0.25, -0.2) is 0 Å². The molecule has 3 atom stereocenters. The number of hydrogen-bond acceptors (Lipinski definition) is 3. The first-order chi connectivity index (χ1) is 11.8. The van der Waals surface area contributed by atoms with Crippen molar-refractivity contribution in [3.8, 4) is 0 Å². The van der Waals surface area contributed by atoms with Gasteiger partial charge < -0.3 is 10.2 Å². The largest absolute Gasteiger partial charge is 0.342 e. The molecule has 5 heteroatoms. The lowest BCUT2D eigenvalue weighted by Gasteiger charge is -2.39. The predicted molar refractivity (Wildman–Crippen MR) is 106 cm³/mol. The molecular weight excluding hydrogens is 352 g/mol. The zero-order valence-corrected chi connectivity index (χ0v) is 16.4. The van der Waals surface area contributed by atoms with Crippen molar-refractivity contribution in [2.24, 2.45) is 17.3 Å². The molecule has 138 valence electrons. The van der Waals surface area contributed by atoms with Gasteiger partial charge in [-0.05, 0) is 49.8 Å². The Hall–Kier alpha value is -0.710. The number of carbonyl (C=O) groups excluding carboxylic acids is 1. The molecule has 0 bridgehead atoms. The summed E-state index contributed by atoms with van der Waals surface area (Å²) in [6.45, 7) is 3.89. The summed E-state index contributed by atoms with van der Waals surface area (Å²) < 4.78 is 0. The maximum atomic E-state index is 13.3. The molecule has 1 saturated carbocycles. The predicted octanol–water partition coefficient (Wildman–Crippen LogP) is 3.83. The van der Waals surface area contributed by atoms with E-state index < -0.39 is 0 Å². The third kappa shape index (κ3) is 3.86. The van der Waals surface area contributed by atoms with E-state index in [0.717, 1.165) is 38.4 Å². The summed E-state index contributed by atoms with van der Waals surface area (Å²) in [7, 11) is 0. The number of likely N-dealkylation sites (tertiary alicyclic amines) is 1. The van der Waals surface area contributed by atoms with Crippen LogP contribution >= 0.6 is 24.2 Å². The van der Waals surface area contributed by atoms with Gasteiger partial charge >= 0.3 is 0 Å². The minimum Gasteiger partial charge on any atom is -0.342 e. The van der Waals surface area contributed by atoms with Gasteiger partial charge in [0.1, 0.15) is 0 Å². The lowest BCUT2D eigenvalue weighted by molar-refractivity contribution is -0.144. The Bertz CT molecular complexity index is 584. The normalized spacial score (nSPS) is 31.4. The molecule has 1 amide bonds. The first-order valence-electron chi connectivity index (χ1n) is 9.46. The minimum absolute atomic E-state index is 0. The molecule has 4 rings (SSSR count). The first kappa shape index (κ1) is 19.1. The second-order valence-electron chi connectivity index (χ2n) is 7.76.